The number of hydrogen-bond acceptors (Lipinski definition) is 4. The fourth-order valence-electron chi connectivity index (χ4n) is 1.90. The topological polar surface area (TPSA) is 67.4 Å². The van der Waals surface area contributed by atoms with Crippen LogP contribution in [0.5, 0.6) is 5.75 Å². The maximum atomic E-state index is 12.3. The van der Waals surface area contributed by atoms with Gasteiger partial charge < -0.3 is 10.1 Å². The van der Waals surface area contributed by atoms with E-state index < -0.39 is 10.0 Å². The summed E-state index contributed by atoms with van der Waals surface area (Å²) in [5, 5.41) is 3.07. The Labute approximate surface area is 115 Å². The van der Waals surface area contributed by atoms with Crippen LogP contribution in [0.3, 0.4) is 0 Å². The zero-order valence-electron chi connectivity index (χ0n) is 11.9. The summed E-state index contributed by atoms with van der Waals surface area (Å²) in [5.74, 6) is 0.404. The molecular weight excluding hydrogens is 264 g/mol. The number of sulfonamides is 1. The molecule has 5 nitrogen and oxygen atoms in total. The Hall–Kier alpha value is -1.11. The molecule has 0 radical (unpaired) electrons. The highest BCUT2D eigenvalue weighted by molar-refractivity contribution is 7.89. The van der Waals surface area contributed by atoms with Gasteiger partial charge in [-0.1, -0.05) is 13.0 Å². The molecule has 1 rings (SSSR count). The molecule has 0 heterocycles. The second-order valence-electron chi connectivity index (χ2n) is 4.36. The summed E-state index contributed by atoms with van der Waals surface area (Å²) in [4.78, 5) is 0.198. The van der Waals surface area contributed by atoms with Crippen molar-refractivity contribution in [2.45, 2.75) is 25.7 Å². The van der Waals surface area contributed by atoms with Gasteiger partial charge in [0.05, 0.1) is 7.11 Å². The molecule has 0 aliphatic heterocycles. The van der Waals surface area contributed by atoms with Crippen LogP contribution in [-0.4, -0.2) is 35.2 Å². The Bertz CT molecular complexity index is 527. The number of hydrogen-bond donors (Lipinski definition) is 2. The van der Waals surface area contributed by atoms with Crippen molar-refractivity contribution in [1.29, 1.82) is 0 Å². The minimum absolute atomic E-state index is 0.198. The van der Waals surface area contributed by atoms with Gasteiger partial charge in [0.25, 0.3) is 0 Å². The zero-order valence-corrected chi connectivity index (χ0v) is 12.7. The van der Waals surface area contributed by atoms with E-state index in [-0.39, 0.29) is 4.90 Å². The van der Waals surface area contributed by atoms with Crippen molar-refractivity contribution in [2.75, 3.05) is 26.7 Å². The zero-order chi connectivity index (χ0) is 14.5. The van der Waals surface area contributed by atoms with Crippen LogP contribution in [0.4, 0.5) is 0 Å². The first-order chi connectivity index (χ1) is 8.92. The molecule has 0 spiro atoms. The molecule has 0 atom stereocenters. The van der Waals surface area contributed by atoms with E-state index in [1.165, 1.54) is 7.11 Å². The number of benzene rings is 1. The Morgan fingerprint density at radius 3 is 2.47 bits per heavy atom. The first-order valence-corrected chi connectivity index (χ1v) is 7.76. The summed E-state index contributed by atoms with van der Waals surface area (Å²) < 4.78 is 32.3. The standard InChI is InChI=1S/C13H22N2O3S/c1-5-14-6-7-15-19(16,17)12-9-10(2)8-11(3)13(12)18-4/h8-9,14-15H,5-7H2,1-4H3. The monoisotopic (exact) mass is 286 g/mol. The van der Waals surface area contributed by atoms with Crippen molar-refractivity contribution < 1.29 is 13.2 Å². The molecule has 1 aromatic carbocycles. The van der Waals surface area contributed by atoms with Crippen molar-refractivity contribution in [3.63, 3.8) is 0 Å². The summed E-state index contributed by atoms with van der Waals surface area (Å²) in [6, 6.07) is 3.53. The number of ether oxygens (including phenoxy) is 1. The molecule has 0 fully saturated rings. The predicted octanol–water partition coefficient (Wildman–Crippen LogP) is 1.20. The van der Waals surface area contributed by atoms with Gasteiger partial charge in [-0.3, -0.25) is 0 Å². The summed E-state index contributed by atoms with van der Waals surface area (Å²) in [7, 11) is -2.06. The number of nitrogens with one attached hydrogen (secondary N) is 2. The average Bonchev–Trinajstić information content (AvgIpc) is 2.34. The van der Waals surface area contributed by atoms with Gasteiger partial charge >= 0.3 is 0 Å². The van der Waals surface area contributed by atoms with Gasteiger partial charge in [0.15, 0.2) is 0 Å². The molecule has 2 N–H and O–H groups in total. The van der Waals surface area contributed by atoms with Crippen LogP contribution in [0.25, 0.3) is 0 Å². The molecule has 0 aliphatic carbocycles. The van der Waals surface area contributed by atoms with E-state index in [4.69, 9.17) is 4.74 Å². The molecule has 19 heavy (non-hydrogen) atoms. The highest BCUT2D eigenvalue weighted by Crippen LogP contribution is 2.28. The molecule has 0 saturated heterocycles. The van der Waals surface area contributed by atoms with E-state index in [0.717, 1.165) is 17.7 Å². The van der Waals surface area contributed by atoms with Gasteiger partial charge in [-0.25, -0.2) is 13.1 Å². The van der Waals surface area contributed by atoms with Crippen LogP contribution in [0.1, 0.15) is 18.1 Å². The highest BCUT2D eigenvalue weighted by Gasteiger charge is 2.20. The first-order valence-electron chi connectivity index (χ1n) is 6.28. The number of rotatable bonds is 7. The predicted molar refractivity (Wildman–Crippen MR) is 76.2 cm³/mol. The van der Waals surface area contributed by atoms with Crippen molar-refractivity contribution in [1.82, 2.24) is 10.0 Å². The van der Waals surface area contributed by atoms with Crippen LogP contribution in [-0.2, 0) is 10.0 Å². The summed E-state index contributed by atoms with van der Waals surface area (Å²) in [6.45, 7) is 7.44. The summed E-state index contributed by atoms with van der Waals surface area (Å²) >= 11 is 0. The Morgan fingerprint density at radius 2 is 1.89 bits per heavy atom. The van der Waals surface area contributed by atoms with Crippen LogP contribution >= 0.6 is 0 Å². The lowest BCUT2D eigenvalue weighted by atomic mass is 10.1. The Balaban J connectivity index is 3.00. The van der Waals surface area contributed by atoms with Gasteiger partial charge in [0.2, 0.25) is 10.0 Å². The van der Waals surface area contributed by atoms with Gasteiger partial charge in [-0.05, 0) is 37.6 Å². The van der Waals surface area contributed by atoms with E-state index in [1.54, 1.807) is 6.07 Å². The van der Waals surface area contributed by atoms with Crippen LogP contribution in [0.2, 0.25) is 0 Å². The minimum atomic E-state index is -3.54. The van der Waals surface area contributed by atoms with E-state index in [1.807, 2.05) is 26.8 Å². The lowest BCUT2D eigenvalue weighted by Gasteiger charge is -2.14. The summed E-state index contributed by atoms with van der Waals surface area (Å²) in [5.41, 5.74) is 1.71. The molecule has 6 heteroatoms. The van der Waals surface area contributed by atoms with Gasteiger partial charge in [-0.15, -0.1) is 0 Å². The maximum absolute atomic E-state index is 12.3. The lowest BCUT2D eigenvalue weighted by Crippen LogP contribution is -2.32. The second kappa shape index (κ2) is 6.88. The number of likely N-dealkylation sites (N-methyl/N-ethyl adjacent to an activating group) is 1. The Kier molecular flexibility index (Phi) is 5.78. The van der Waals surface area contributed by atoms with Gasteiger partial charge in [0, 0.05) is 13.1 Å². The molecule has 1 aromatic rings. The van der Waals surface area contributed by atoms with Crippen LogP contribution < -0.4 is 14.8 Å². The molecule has 0 bridgehead atoms. The van der Waals surface area contributed by atoms with Crippen LogP contribution in [0, 0.1) is 13.8 Å². The fraction of sp³-hybridized carbons (Fsp3) is 0.538. The quantitative estimate of drug-likeness (QED) is 0.739. The molecule has 0 amide bonds. The SMILES string of the molecule is CCNCCNS(=O)(=O)c1cc(C)cc(C)c1OC. The van der Waals surface area contributed by atoms with Crippen molar-refractivity contribution in [2.24, 2.45) is 0 Å². The van der Waals surface area contributed by atoms with E-state index >= 15 is 0 Å². The van der Waals surface area contributed by atoms with Crippen molar-refractivity contribution in [3.8, 4) is 5.75 Å². The molecule has 0 unspecified atom stereocenters. The fourth-order valence-corrected chi connectivity index (χ4v) is 3.26. The normalized spacial score (nSPS) is 11.6. The summed E-state index contributed by atoms with van der Waals surface area (Å²) in [6.07, 6.45) is 0. The third-order valence-electron chi connectivity index (χ3n) is 2.72. The Morgan fingerprint density at radius 1 is 1.21 bits per heavy atom. The minimum Gasteiger partial charge on any atom is -0.495 e. The van der Waals surface area contributed by atoms with Crippen molar-refractivity contribution in [3.05, 3.63) is 23.3 Å². The average molecular weight is 286 g/mol. The third kappa shape index (κ3) is 4.19. The van der Waals surface area contributed by atoms with E-state index in [0.29, 0.717) is 18.8 Å². The lowest BCUT2D eigenvalue weighted by molar-refractivity contribution is 0.399. The molecular formula is C13H22N2O3S. The molecule has 0 aliphatic rings. The number of methoxy groups -OCH3 is 1. The second-order valence-corrected chi connectivity index (χ2v) is 6.10. The largest absolute Gasteiger partial charge is 0.495 e. The maximum Gasteiger partial charge on any atom is 0.244 e. The molecule has 0 aromatic heterocycles. The first kappa shape index (κ1) is 15.9. The van der Waals surface area contributed by atoms with Crippen molar-refractivity contribution >= 4 is 10.0 Å². The van der Waals surface area contributed by atoms with Gasteiger partial charge in [0.1, 0.15) is 10.6 Å². The molecule has 0 saturated carbocycles. The smallest absolute Gasteiger partial charge is 0.244 e. The highest BCUT2D eigenvalue weighted by atomic mass is 32.2. The van der Waals surface area contributed by atoms with E-state index in [9.17, 15) is 8.42 Å². The van der Waals surface area contributed by atoms with E-state index in [2.05, 4.69) is 10.0 Å². The molecule has 108 valence electrons. The van der Waals surface area contributed by atoms with Gasteiger partial charge in [-0.2, -0.15) is 0 Å². The third-order valence-corrected chi connectivity index (χ3v) is 4.19. The number of aryl methyl sites for hydroxylation is 2. The van der Waals surface area contributed by atoms with Crippen LogP contribution in [0.15, 0.2) is 17.0 Å².